The number of ketones is 1. The van der Waals surface area contributed by atoms with Crippen LogP contribution in [0.1, 0.15) is 52.4 Å². The molecule has 1 amide bonds. The van der Waals surface area contributed by atoms with Crippen molar-refractivity contribution < 1.29 is 19.1 Å². The lowest BCUT2D eigenvalue weighted by Crippen LogP contribution is -2.36. The van der Waals surface area contributed by atoms with Crippen molar-refractivity contribution in [1.29, 1.82) is 0 Å². The van der Waals surface area contributed by atoms with Crippen molar-refractivity contribution in [3.8, 4) is 0 Å². The molecule has 0 unspecified atom stereocenters. The first-order valence-corrected chi connectivity index (χ1v) is 7.04. The fourth-order valence-corrected chi connectivity index (χ4v) is 2.82. The highest BCUT2D eigenvalue weighted by Gasteiger charge is 2.33. The molecule has 0 fully saturated rings. The Labute approximate surface area is 123 Å². The van der Waals surface area contributed by atoms with Crippen LogP contribution in [0.4, 0.5) is 0 Å². The summed E-state index contributed by atoms with van der Waals surface area (Å²) >= 11 is 0. The Morgan fingerprint density at radius 1 is 1.29 bits per heavy atom. The number of hydrogen-bond acceptors (Lipinski definition) is 4. The molecule has 1 aliphatic heterocycles. The van der Waals surface area contributed by atoms with Crippen LogP contribution in [-0.4, -0.2) is 35.4 Å². The van der Waals surface area contributed by atoms with E-state index in [0.717, 1.165) is 12.1 Å². The van der Waals surface area contributed by atoms with Gasteiger partial charge in [-0.15, -0.1) is 0 Å². The number of carbonyl (C=O) groups excluding carboxylic acids is 3. The molecule has 2 heterocycles. The summed E-state index contributed by atoms with van der Waals surface area (Å²) in [5.74, 6) is -1.69. The third kappa shape index (κ3) is 2.57. The number of fused-ring (bicyclic) bond motifs is 1. The predicted molar refractivity (Wildman–Crippen MR) is 76.4 cm³/mol. The van der Waals surface area contributed by atoms with Gasteiger partial charge in [0, 0.05) is 18.3 Å². The third-order valence-electron chi connectivity index (χ3n) is 3.64. The first kappa shape index (κ1) is 15.3. The maximum absolute atomic E-state index is 12.4. The summed E-state index contributed by atoms with van der Waals surface area (Å²) < 4.78 is 6.59. The topological polar surface area (TPSA) is 77.4 Å². The number of nitrogens with one attached hydrogen (secondary N) is 1. The number of esters is 1. The van der Waals surface area contributed by atoms with Gasteiger partial charge in [-0.1, -0.05) is 0 Å². The van der Waals surface area contributed by atoms with E-state index in [1.165, 1.54) is 7.11 Å². The summed E-state index contributed by atoms with van der Waals surface area (Å²) in [6, 6.07) is -0.113. The average molecular weight is 292 g/mol. The summed E-state index contributed by atoms with van der Waals surface area (Å²) in [6.45, 7) is 5.94. The molecule has 21 heavy (non-hydrogen) atoms. The molecule has 0 saturated heterocycles. The van der Waals surface area contributed by atoms with Gasteiger partial charge >= 0.3 is 5.97 Å². The van der Waals surface area contributed by atoms with Crippen LogP contribution in [0.5, 0.6) is 0 Å². The van der Waals surface area contributed by atoms with Gasteiger partial charge in [0.1, 0.15) is 5.69 Å². The van der Waals surface area contributed by atoms with E-state index in [1.54, 1.807) is 25.3 Å². The molecule has 1 aromatic heterocycles. The van der Waals surface area contributed by atoms with Crippen molar-refractivity contribution in [3.63, 3.8) is 0 Å². The zero-order valence-corrected chi connectivity index (χ0v) is 12.8. The van der Waals surface area contributed by atoms with Crippen molar-refractivity contribution in [3.05, 3.63) is 22.5 Å². The Morgan fingerprint density at radius 3 is 2.52 bits per heavy atom. The van der Waals surface area contributed by atoms with Crippen molar-refractivity contribution in [1.82, 2.24) is 9.88 Å². The molecule has 6 nitrogen and oxygen atoms in total. The Hall–Kier alpha value is -2.11. The molecule has 0 radical (unpaired) electrons. The van der Waals surface area contributed by atoms with Crippen molar-refractivity contribution in [2.75, 3.05) is 7.11 Å². The quantitative estimate of drug-likeness (QED) is 0.514. The molecule has 1 N–H and O–H groups in total. The van der Waals surface area contributed by atoms with E-state index in [4.69, 9.17) is 4.74 Å². The van der Waals surface area contributed by atoms with Gasteiger partial charge in [0.25, 0.3) is 11.7 Å². The molecule has 1 aliphatic rings. The van der Waals surface area contributed by atoms with Crippen molar-refractivity contribution >= 4 is 17.7 Å². The molecule has 114 valence electrons. The SMILES string of the molecule is COC(=O)c1c(C)c(C(=O)C(=O)NC(C)C)c2n1CCC2. The van der Waals surface area contributed by atoms with Crippen LogP contribution in [0, 0.1) is 6.92 Å². The second kappa shape index (κ2) is 5.71. The molecule has 0 saturated carbocycles. The molecule has 0 aromatic carbocycles. The van der Waals surface area contributed by atoms with E-state index in [2.05, 4.69) is 5.32 Å². The number of ether oxygens (including phenoxy) is 1. The first-order chi connectivity index (χ1) is 9.88. The highest BCUT2D eigenvalue weighted by molar-refractivity contribution is 6.43. The van der Waals surface area contributed by atoms with E-state index in [9.17, 15) is 14.4 Å². The third-order valence-corrected chi connectivity index (χ3v) is 3.64. The smallest absolute Gasteiger partial charge is 0.354 e. The summed E-state index contributed by atoms with van der Waals surface area (Å²) in [5, 5.41) is 2.60. The normalized spacial score (nSPS) is 13.2. The van der Waals surface area contributed by atoms with Crippen LogP contribution in [-0.2, 0) is 22.5 Å². The minimum atomic E-state index is -0.634. The van der Waals surface area contributed by atoms with Gasteiger partial charge in [0.05, 0.1) is 12.7 Å². The molecule has 0 atom stereocenters. The summed E-state index contributed by atoms with van der Waals surface area (Å²) in [5.41, 5.74) is 2.02. The molecule has 0 bridgehead atoms. The van der Waals surface area contributed by atoms with E-state index in [1.807, 2.05) is 0 Å². The minimum Gasteiger partial charge on any atom is -0.464 e. The molecular weight excluding hydrogens is 272 g/mol. The van der Waals surface area contributed by atoms with Gasteiger partial charge in [-0.25, -0.2) is 4.79 Å². The summed E-state index contributed by atoms with van der Waals surface area (Å²) in [6.07, 6.45) is 1.54. The maximum Gasteiger partial charge on any atom is 0.354 e. The molecule has 0 aliphatic carbocycles. The van der Waals surface area contributed by atoms with Crippen LogP contribution < -0.4 is 5.32 Å². The van der Waals surface area contributed by atoms with Gasteiger partial charge in [-0.05, 0) is 39.2 Å². The number of methoxy groups -OCH3 is 1. The molecule has 2 rings (SSSR count). The second-order valence-electron chi connectivity index (χ2n) is 5.50. The van der Waals surface area contributed by atoms with Gasteiger partial charge in [-0.2, -0.15) is 0 Å². The van der Waals surface area contributed by atoms with E-state index in [0.29, 0.717) is 29.8 Å². The van der Waals surface area contributed by atoms with Crippen LogP contribution >= 0.6 is 0 Å². The fraction of sp³-hybridized carbons (Fsp3) is 0.533. The minimum absolute atomic E-state index is 0.113. The standard InChI is InChI=1S/C15H20N2O4/c1-8(2)16-14(19)13(18)11-9(3)12(15(20)21-4)17-7-5-6-10(11)17/h8H,5-7H2,1-4H3,(H,16,19). The number of aromatic nitrogens is 1. The highest BCUT2D eigenvalue weighted by Crippen LogP contribution is 2.29. The largest absolute Gasteiger partial charge is 0.464 e. The number of carbonyl (C=O) groups is 3. The average Bonchev–Trinajstić information content (AvgIpc) is 2.95. The molecule has 0 spiro atoms. The van der Waals surface area contributed by atoms with E-state index in [-0.39, 0.29) is 6.04 Å². The number of nitrogens with zero attached hydrogens (tertiary/aromatic N) is 1. The Balaban J connectivity index is 2.48. The van der Waals surface area contributed by atoms with Gasteiger partial charge in [0.15, 0.2) is 0 Å². The highest BCUT2D eigenvalue weighted by atomic mass is 16.5. The van der Waals surface area contributed by atoms with Gasteiger partial charge in [0.2, 0.25) is 0 Å². The molecular formula is C15H20N2O4. The number of hydrogen-bond donors (Lipinski definition) is 1. The monoisotopic (exact) mass is 292 g/mol. The Morgan fingerprint density at radius 2 is 1.95 bits per heavy atom. The zero-order chi connectivity index (χ0) is 15.7. The number of Topliss-reactive ketones (excluding diaryl/α,β-unsaturated/α-hetero) is 1. The van der Waals surface area contributed by atoms with E-state index < -0.39 is 17.7 Å². The van der Waals surface area contributed by atoms with Crippen LogP contribution in [0.3, 0.4) is 0 Å². The summed E-state index contributed by atoms with van der Waals surface area (Å²) in [4.78, 5) is 36.3. The second-order valence-corrected chi connectivity index (χ2v) is 5.50. The van der Waals surface area contributed by atoms with Gasteiger partial charge < -0.3 is 14.6 Å². The molecule has 6 heteroatoms. The van der Waals surface area contributed by atoms with Crippen molar-refractivity contribution in [2.45, 2.75) is 46.2 Å². The van der Waals surface area contributed by atoms with Gasteiger partial charge in [-0.3, -0.25) is 9.59 Å². The maximum atomic E-state index is 12.4. The van der Waals surface area contributed by atoms with E-state index >= 15 is 0 Å². The predicted octanol–water partition coefficient (Wildman–Crippen LogP) is 1.24. The summed E-state index contributed by atoms with van der Waals surface area (Å²) in [7, 11) is 1.31. The van der Waals surface area contributed by atoms with Crippen LogP contribution in [0.2, 0.25) is 0 Å². The number of rotatable bonds is 4. The van der Waals surface area contributed by atoms with Crippen LogP contribution in [0.25, 0.3) is 0 Å². The van der Waals surface area contributed by atoms with Crippen molar-refractivity contribution in [2.24, 2.45) is 0 Å². The Bertz CT molecular complexity index is 614. The lowest BCUT2D eigenvalue weighted by atomic mass is 10.0. The number of amides is 1. The lowest BCUT2D eigenvalue weighted by molar-refractivity contribution is -0.117. The molecule has 1 aromatic rings. The first-order valence-electron chi connectivity index (χ1n) is 7.04. The fourth-order valence-electron chi connectivity index (χ4n) is 2.82. The zero-order valence-electron chi connectivity index (χ0n) is 12.8. The Kier molecular flexibility index (Phi) is 4.16. The lowest BCUT2D eigenvalue weighted by Gasteiger charge is -2.08. The van der Waals surface area contributed by atoms with Crippen LogP contribution in [0.15, 0.2) is 0 Å².